The van der Waals surface area contributed by atoms with Gasteiger partial charge >= 0.3 is 0 Å². The molecule has 37 heavy (non-hydrogen) atoms. The summed E-state index contributed by atoms with van der Waals surface area (Å²) in [4.78, 5) is 4.15. The zero-order valence-corrected chi connectivity index (χ0v) is 23.5. The number of aliphatic hydroxyl groups excluding tert-OH is 1. The SMILES string of the molecule is CC.CC.CC.C[C@H](O)c1nccn1Cc1cc(C#Cc2ccc(OCCCNC3COC3)cc2)on1. The monoisotopic (exact) mass is 512 g/mol. The lowest BCUT2D eigenvalue weighted by atomic mass is 10.2. The predicted octanol–water partition coefficient (Wildman–Crippen LogP) is 5.21. The van der Waals surface area contributed by atoms with Crippen molar-refractivity contribution in [1.29, 1.82) is 0 Å². The zero-order valence-electron chi connectivity index (χ0n) is 23.5. The Bertz CT molecular complexity index is 1030. The summed E-state index contributed by atoms with van der Waals surface area (Å²) in [7, 11) is 0. The van der Waals surface area contributed by atoms with E-state index in [1.807, 2.05) is 70.4 Å². The summed E-state index contributed by atoms with van der Waals surface area (Å²) in [5, 5.41) is 17.2. The highest BCUT2D eigenvalue weighted by Gasteiger charge is 2.16. The van der Waals surface area contributed by atoms with Gasteiger partial charge in [0, 0.05) is 24.0 Å². The molecule has 1 aromatic carbocycles. The molecule has 8 heteroatoms. The van der Waals surface area contributed by atoms with Crippen LogP contribution in [0.4, 0.5) is 0 Å². The molecule has 0 aliphatic carbocycles. The van der Waals surface area contributed by atoms with Crippen molar-refractivity contribution >= 4 is 0 Å². The van der Waals surface area contributed by atoms with Crippen molar-refractivity contribution < 1.29 is 19.1 Å². The molecule has 1 aliphatic heterocycles. The van der Waals surface area contributed by atoms with E-state index in [2.05, 4.69) is 27.3 Å². The smallest absolute Gasteiger partial charge is 0.210 e. The molecule has 0 amide bonds. The largest absolute Gasteiger partial charge is 0.494 e. The fourth-order valence-corrected chi connectivity index (χ4v) is 3.13. The van der Waals surface area contributed by atoms with E-state index in [9.17, 15) is 5.11 Å². The molecule has 4 rings (SSSR count). The van der Waals surface area contributed by atoms with E-state index < -0.39 is 6.10 Å². The summed E-state index contributed by atoms with van der Waals surface area (Å²) < 4.78 is 18.0. The minimum Gasteiger partial charge on any atom is -0.494 e. The van der Waals surface area contributed by atoms with E-state index in [-0.39, 0.29) is 0 Å². The first-order valence-corrected chi connectivity index (χ1v) is 13.4. The molecule has 2 N–H and O–H groups in total. The topological polar surface area (TPSA) is 94.6 Å². The lowest BCUT2D eigenvalue weighted by Gasteiger charge is -2.26. The second kappa shape index (κ2) is 19.1. The van der Waals surface area contributed by atoms with Crippen LogP contribution in [-0.4, -0.2) is 52.2 Å². The standard InChI is InChI=1S/C23H26N4O4.3C2H6/c1-17(28)23-25-10-11-27(23)14-19-13-22(31-26-19)8-5-18-3-6-21(7-4-18)30-12-2-9-24-20-15-29-16-20;3*1-2/h3-4,6-7,10-11,13,17,20,24,28H,2,9,12,14-16H2,1H3;3*1-2H3/t17-;;;/m0.../s1. The number of hydrogen-bond donors (Lipinski definition) is 2. The number of nitrogens with zero attached hydrogens (tertiary/aromatic N) is 3. The van der Waals surface area contributed by atoms with Crippen molar-refractivity contribution in [2.24, 2.45) is 0 Å². The molecule has 0 radical (unpaired) electrons. The van der Waals surface area contributed by atoms with Gasteiger partial charge < -0.3 is 29.0 Å². The summed E-state index contributed by atoms with van der Waals surface area (Å²) >= 11 is 0. The summed E-state index contributed by atoms with van der Waals surface area (Å²) in [6.45, 7) is 17.4. The van der Waals surface area contributed by atoms with Crippen molar-refractivity contribution in [3.8, 4) is 17.6 Å². The van der Waals surface area contributed by atoms with Gasteiger partial charge in [-0.15, -0.1) is 0 Å². The Morgan fingerprint density at radius 3 is 2.43 bits per heavy atom. The molecule has 0 spiro atoms. The molecular weight excluding hydrogens is 468 g/mol. The van der Waals surface area contributed by atoms with E-state index >= 15 is 0 Å². The van der Waals surface area contributed by atoms with Crippen LogP contribution in [0.2, 0.25) is 0 Å². The molecule has 1 saturated heterocycles. The Kier molecular flexibility index (Phi) is 16.4. The minimum atomic E-state index is -0.646. The van der Waals surface area contributed by atoms with Gasteiger partial charge in [-0.2, -0.15) is 0 Å². The number of benzene rings is 1. The third-order valence-corrected chi connectivity index (χ3v) is 4.86. The Morgan fingerprint density at radius 2 is 1.81 bits per heavy atom. The molecule has 1 atom stereocenters. The summed E-state index contributed by atoms with van der Waals surface area (Å²) in [5.41, 5.74) is 1.58. The number of hydrogen-bond acceptors (Lipinski definition) is 7. The molecule has 0 saturated carbocycles. The maximum atomic E-state index is 9.74. The Morgan fingerprint density at radius 1 is 1.11 bits per heavy atom. The normalized spacial score (nSPS) is 12.6. The second-order valence-electron chi connectivity index (χ2n) is 7.44. The van der Waals surface area contributed by atoms with Crippen molar-refractivity contribution in [2.75, 3.05) is 26.4 Å². The molecule has 0 bridgehead atoms. The lowest BCUT2D eigenvalue weighted by molar-refractivity contribution is -0.00522. The van der Waals surface area contributed by atoms with Crippen molar-refractivity contribution in [3.05, 3.63) is 65.6 Å². The second-order valence-corrected chi connectivity index (χ2v) is 7.44. The van der Waals surface area contributed by atoms with E-state index in [0.29, 0.717) is 36.5 Å². The quantitative estimate of drug-likeness (QED) is 0.300. The molecule has 3 aromatic rings. The van der Waals surface area contributed by atoms with Crippen LogP contribution in [0.5, 0.6) is 5.75 Å². The summed E-state index contributed by atoms with van der Waals surface area (Å²) in [6, 6.07) is 9.97. The fraction of sp³-hybridized carbons (Fsp3) is 0.517. The third kappa shape index (κ3) is 11.2. The lowest BCUT2D eigenvalue weighted by Crippen LogP contribution is -2.46. The average molecular weight is 513 g/mol. The maximum Gasteiger partial charge on any atom is 0.210 e. The summed E-state index contributed by atoms with van der Waals surface area (Å²) in [5.74, 6) is 7.96. The van der Waals surface area contributed by atoms with Gasteiger partial charge in [0.2, 0.25) is 5.76 Å². The zero-order chi connectivity index (χ0) is 27.5. The van der Waals surface area contributed by atoms with Gasteiger partial charge in [0.1, 0.15) is 23.4 Å². The number of imidazole rings is 1. The van der Waals surface area contributed by atoms with E-state index in [1.165, 1.54) is 0 Å². The van der Waals surface area contributed by atoms with Crippen LogP contribution in [-0.2, 0) is 11.3 Å². The molecule has 1 fully saturated rings. The van der Waals surface area contributed by atoms with E-state index in [1.54, 1.807) is 25.4 Å². The Balaban J connectivity index is 0.00000106. The highest BCUT2D eigenvalue weighted by molar-refractivity contribution is 5.41. The van der Waals surface area contributed by atoms with E-state index in [4.69, 9.17) is 14.0 Å². The van der Waals surface area contributed by atoms with Gasteiger partial charge in [0.05, 0.1) is 32.4 Å². The molecule has 204 valence electrons. The Labute approximate surface area is 222 Å². The molecule has 2 aromatic heterocycles. The fourth-order valence-electron chi connectivity index (χ4n) is 3.13. The Hall–Kier alpha value is -3.12. The van der Waals surface area contributed by atoms with Crippen LogP contribution >= 0.6 is 0 Å². The van der Waals surface area contributed by atoms with Gasteiger partial charge in [0.25, 0.3) is 0 Å². The van der Waals surface area contributed by atoms with Gasteiger partial charge in [-0.1, -0.05) is 52.6 Å². The molecular formula is C29H44N4O4. The number of rotatable bonds is 9. The van der Waals surface area contributed by atoms with Gasteiger partial charge in [-0.05, 0) is 50.1 Å². The van der Waals surface area contributed by atoms with Crippen molar-refractivity contribution in [2.45, 2.75) is 73.6 Å². The van der Waals surface area contributed by atoms with Gasteiger partial charge in [0.15, 0.2) is 0 Å². The van der Waals surface area contributed by atoms with Crippen molar-refractivity contribution in [3.63, 3.8) is 0 Å². The van der Waals surface area contributed by atoms with Crippen LogP contribution in [0.3, 0.4) is 0 Å². The van der Waals surface area contributed by atoms with E-state index in [0.717, 1.165) is 37.5 Å². The minimum absolute atomic E-state index is 0.460. The molecule has 8 nitrogen and oxygen atoms in total. The average Bonchev–Trinajstić information content (AvgIpc) is 3.58. The highest BCUT2D eigenvalue weighted by atomic mass is 16.5. The number of aromatic nitrogens is 3. The first-order chi connectivity index (χ1) is 18.2. The maximum absolute atomic E-state index is 9.74. The van der Waals surface area contributed by atoms with Crippen LogP contribution in [0, 0.1) is 11.8 Å². The van der Waals surface area contributed by atoms with Gasteiger partial charge in [-0.25, -0.2) is 4.98 Å². The molecule has 0 unspecified atom stereocenters. The van der Waals surface area contributed by atoms with Crippen LogP contribution in [0.25, 0.3) is 0 Å². The van der Waals surface area contributed by atoms with Crippen LogP contribution < -0.4 is 10.1 Å². The molecule has 3 heterocycles. The highest BCUT2D eigenvalue weighted by Crippen LogP contribution is 2.14. The number of nitrogens with one attached hydrogen (secondary N) is 1. The van der Waals surface area contributed by atoms with Crippen LogP contribution in [0.1, 0.15) is 83.8 Å². The first kappa shape index (κ1) is 31.9. The summed E-state index contributed by atoms with van der Waals surface area (Å²) in [6.07, 6.45) is 3.75. The van der Waals surface area contributed by atoms with Crippen molar-refractivity contribution in [1.82, 2.24) is 20.0 Å². The number of aliphatic hydroxyl groups is 1. The number of ether oxygens (including phenoxy) is 2. The van der Waals surface area contributed by atoms with Gasteiger partial charge in [-0.3, -0.25) is 0 Å². The first-order valence-electron chi connectivity index (χ1n) is 13.4. The predicted molar refractivity (Wildman–Crippen MR) is 148 cm³/mol. The molecule has 1 aliphatic rings. The third-order valence-electron chi connectivity index (χ3n) is 4.86. The van der Waals surface area contributed by atoms with Crippen LogP contribution in [0.15, 0.2) is 47.2 Å².